The van der Waals surface area contributed by atoms with Gasteiger partial charge in [0.25, 0.3) is 0 Å². The van der Waals surface area contributed by atoms with E-state index in [2.05, 4.69) is 15.2 Å². The van der Waals surface area contributed by atoms with Gasteiger partial charge < -0.3 is 19.7 Å². The molecule has 1 saturated carbocycles. The van der Waals surface area contributed by atoms with E-state index < -0.39 is 0 Å². The Morgan fingerprint density at radius 2 is 1.91 bits per heavy atom. The van der Waals surface area contributed by atoms with E-state index in [0.29, 0.717) is 18.6 Å². The molecule has 0 aromatic heterocycles. The van der Waals surface area contributed by atoms with Gasteiger partial charge in [-0.15, -0.1) is 0 Å². The van der Waals surface area contributed by atoms with Gasteiger partial charge in [0.05, 0.1) is 25.9 Å². The summed E-state index contributed by atoms with van der Waals surface area (Å²) >= 11 is 0. The first-order chi connectivity index (χ1) is 11.3. The molecule has 132 valence electrons. The van der Waals surface area contributed by atoms with Crippen molar-refractivity contribution in [1.29, 1.82) is 0 Å². The highest BCUT2D eigenvalue weighted by Crippen LogP contribution is 2.42. The van der Waals surface area contributed by atoms with E-state index in [1.165, 1.54) is 57.9 Å². The van der Waals surface area contributed by atoms with Crippen LogP contribution in [0, 0.1) is 5.41 Å². The fourth-order valence-corrected chi connectivity index (χ4v) is 4.47. The Hall–Kier alpha value is -0.810. The first-order valence-electron chi connectivity index (χ1n) is 9.46. The summed E-state index contributed by atoms with van der Waals surface area (Å²) in [5.41, 5.74) is 0.539. The summed E-state index contributed by atoms with van der Waals surface area (Å²) < 4.78 is 11.2. The van der Waals surface area contributed by atoms with Crippen molar-refractivity contribution in [3.8, 4) is 0 Å². The second kappa shape index (κ2) is 8.34. The molecule has 1 N–H and O–H groups in total. The minimum absolute atomic E-state index is 0.150. The van der Waals surface area contributed by atoms with Crippen molar-refractivity contribution in [3.63, 3.8) is 0 Å². The number of hydrogen-bond acceptors (Lipinski definition) is 3. The fourth-order valence-electron chi connectivity index (χ4n) is 4.47. The van der Waals surface area contributed by atoms with E-state index >= 15 is 0 Å². The van der Waals surface area contributed by atoms with Crippen LogP contribution >= 0.6 is 0 Å². The second-order valence-electron chi connectivity index (χ2n) is 7.44. The SMILES string of the molecule is CN=C(NCC1COCCO1)N1CCCC2(CCCCCC2)C1. The van der Waals surface area contributed by atoms with Crippen molar-refractivity contribution in [2.75, 3.05) is 46.5 Å². The molecule has 0 radical (unpaired) electrons. The molecule has 0 amide bonds. The molecule has 2 heterocycles. The van der Waals surface area contributed by atoms with Crippen LogP contribution in [-0.2, 0) is 9.47 Å². The Morgan fingerprint density at radius 1 is 1.13 bits per heavy atom. The van der Waals surface area contributed by atoms with Crippen molar-refractivity contribution >= 4 is 5.96 Å². The molecule has 3 fully saturated rings. The van der Waals surface area contributed by atoms with Crippen LogP contribution in [0.5, 0.6) is 0 Å². The molecule has 1 unspecified atom stereocenters. The predicted octanol–water partition coefficient (Wildman–Crippen LogP) is 2.41. The van der Waals surface area contributed by atoms with Crippen LogP contribution < -0.4 is 5.32 Å². The summed E-state index contributed by atoms with van der Waals surface area (Å²) in [4.78, 5) is 7.02. The second-order valence-corrected chi connectivity index (χ2v) is 7.44. The lowest BCUT2D eigenvalue weighted by Crippen LogP contribution is -2.52. The number of hydrogen-bond donors (Lipinski definition) is 1. The van der Waals surface area contributed by atoms with E-state index in [1.54, 1.807) is 0 Å². The number of ether oxygens (including phenoxy) is 2. The van der Waals surface area contributed by atoms with Crippen LogP contribution in [-0.4, -0.2) is 63.5 Å². The van der Waals surface area contributed by atoms with Crippen LogP contribution in [0.3, 0.4) is 0 Å². The van der Waals surface area contributed by atoms with Gasteiger partial charge in [-0.2, -0.15) is 0 Å². The number of piperidine rings is 1. The van der Waals surface area contributed by atoms with Crippen LogP contribution in [0.2, 0.25) is 0 Å². The average Bonchev–Trinajstić information content (AvgIpc) is 2.82. The molecule has 1 atom stereocenters. The molecule has 0 aromatic rings. The predicted molar refractivity (Wildman–Crippen MR) is 92.9 cm³/mol. The lowest BCUT2D eigenvalue weighted by molar-refractivity contribution is -0.0852. The highest BCUT2D eigenvalue weighted by atomic mass is 16.6. The Labute approximate surface area is 140 Å². The van der Waals surface area contributed by atoms with Crippen LogP contribution in [0.15, 0.2) is 4.99 Å². The van der Waals surface area contributed by atoms with Gasteiger partial charge in [-0.25, -0.2) is 0 Å². The first kappa shape index (κ1) is 17.0. The summed E-state index contributed by atoms with van der Waals surface area (Å²) in [6, 6.07) is 0. The van der Waals surface area contributed by atoms with Gasteiger partial charge in [0.15, 0.2) is 5.96 Å². The maximum Gasteiger partial charge on any atom is 0.193 e. The molecule has 5 nitrogen and oxygen atoms in total. The Bertz CT molecular complexity index is 386. The molecule has 3 rings (SSSR count). The lowest BCUT2D eigenvalue weighted by atomic mass is 9.74. The summed E-state index contributed by atoms with van der Waals surface area (Å²) in [6.45, 7) is 5.21. The third-order valence-corrected chi connectivity index (χ3v) is 5.71. The van der Waals surface area contributed by atoms with Gasteiger partial charge >= 0.3 is 0 Å². The third kappa shape index (κ3) is 4.60. The molecular formula is C18H33N3O2. The summed E-state index contributed by atoms with van der Waals surface area (Å²) in [5.74, 6) is 1.04. The zero-order valence-electron chi connectivity index (χ0n) is 14.7. The quantitative estimate of drug-likeness (QED) is 0.626. The molecular weight excluding hydrogens is 290 g/mol. The van der Waals surface area contributed by atoms with Gasteiger partial charge in [-0.3, -0.25) is 4.99 Å². The zero-order valence-corrected chi connectivity index (χ0v) is 14.7. The van der Waals surface area contributed by atoms with E-state index in [1.807, 2.05) is 7.05 Å². The van der Waals surface area contributed by atoms with Gasteiger partial charge in [0, 0.05) is 26.7 Å². The molecule has 0 bridgehead atoms. The standard InChI is InChI=1S/C18H33N3O2/c1-19-17(20-13-16-14-22-11-12-23-16)21-10-6-9-18(15-21)7-4-2-3-5-8-18/h16H,2-15H2,1H3,(H,19,20). The van der Waals surface area contributed by atoms with Crippen LogP contribution in [0.1, 0.15) is 51.4 Å². The zero-order chi connectivity index (χ0) is 16.0. The molecule has 0 aromatic carbocycles. The number of likely N-dealkylation sites (tertiary alicyclic amines) is 1. The van der Waals surface area contributed by atoms with Gasteiger partial charge in [0.1, 0.15) is 0 Å². The van der Waals surface area contributed by atoms with E-state index in [0.717, 1.165) is 25.7 Å². The van der Waals surface area contributed by atoms with Crippen molar-refractivity contribution < 1.29 is 9.47 Å². The fraction of sp³-hybridized carbons (Fsp3) is 0.944. The van der Waals surface area contributed by atoms with E-state index in [-0.39, 0.29) is 6.10 Å². The van der Waals surface area contributed by atoms with E-state index in [9.17, 15) is 0 Å². The molecule has 1 aliphatic carbocycles. The number of nitrogens with one attached hydrogen (secondary N) is 1. The smallest absolute Gasteiger partial charge is 0.193 e. The van der Waals surface area contributed by atoms with Crippen LogP contribution in [0.4, 0.5) is 0 Å². The summed E-state index contributed by atoms with van der Waals surface area (Å²) in [6.07, 6.45) is 11.3. The highest BCUT2D eigenvalue weighted by molar-refractivity contribution is 5.80. The minimum atomic E-state index is 0.150. The molecule has 23 heavy (non-hydrogen) atoms. The van der Waals surface area contributed by atoms with Gasteiger partial charge in [-0.1, -0.05) is 25.7 Å². The minimum Gasteiger partial charge on any atom is -0.376 e. The third-order valence-electron chi connectivity index (χ3n) is 5.71. The monoisotopic (exact) mass is 323 g/mol. The highest BCUT2D eigenvalue weighted by Gasteiger charge is 2.36. The molecule has 2 saturated heterocycles. The van der Waals surface area contributed by atoms with Crippen molar-refractivity contribution in [2.45, 2.75) is 57.5 Å². The van der Waals surface area contributed by atoms with Crippen molar-refractivity contribution in [3.05, 3.63) is 0 Å². The number of guanidine groups is 1. The lowest BCUT2D eigenvalue weighted by Gasteiger charge is -2.44. The molecule has 1 spiro atoms. The topological polar surface area (TPSA) is 46.1 Å². The van der Waals surface area contributed by atoms with Gasteiger partial charge in [0.2, 0.25) is 0 Å². The maximum absolute atomic E-state index is 5.73. The Kier molecular flexibility index (Phi) is 6.17. The average molecular weight is 323 g/mol. The van der Waals surface area contributed by atoms with E-state index in [4.69, 9.17) is 9.47 Å². The maximum atomic E-state index is 5.73. The Balaban J connectivity index is 1.55. The van der Waals surface area contributed by atoms with Crippen molar-refractivity contribution in [1.82, 2.24) is 10.2 Å². The molecule has 3 aliphatic rings. The molecule has 5 heteroatoms. The Morgan fingerprint density at radius 3 is 2.61 bits per heavy atom. The number of rotatable bonds is 2. The first-order valence-corrected chi connectivity index (χ1v) is 9.46. The summed E-state index contributed by atoms with van der Waals surface area (Å²) in [7, 11) is 1.90. The van der Waals surface area contributed by atoms with Crippen LogP contribution in [0.25, 0.3) is 0 Å². The number of nitrogens with zero attached hydrogens (tertiary/aromatic N) is 2. The van der Waals surface area contributed by atoms with Crippen molar-refractivity contribution in [2.24, 2.45) is 10.4 Å². The summed E-state index contributed by atoms with van der Waals surface area (Å²) in [5, 5.41) is 3.52. The largest absolute Gasteiger partial charge is 0.376 e. The van der Waals surface area contributed by atoms with Gasteiger partial charge in [-0.05, 0) is 31.1 Å². The number of aliphatic imine (C=N–C) groups is 1. The normalized spacial score (nSPS) is 29.3. The molecule has 2 aliphatic heterocycles.